The molecule has 11 heterocycles. The maximum atomic E-state index is 14.4. The van der Waals surface area contributed by atoms with E-state index < -0.39 is 120 Å². The Morgan fingerprint density at radius 1 is 0.414 bits per heavy atom. The quantitative estimate of drug-likeness (QED) is 0.0155. The van der Waals surface area contributed by atoms with E-state index in [1.807, 2.05) is 18.2 Å². The van der Waals surface area contributed by atoms with Crippen LogP contribution in [0.1, 0.15) is 115 Å². The summed E-state index contributed by atoms with van der Waals surface area (Å²) in [5.74, 6) is -0.638. The summed E-state index contributed by atoms with van der Waals surface area (Å²) >= 11 is 0. The number of aliphatic hydroxyl groups is 6. The normalized spacial score (nSPS) is 25.3. The third kappa shape index (κ3) is 41.2. The fourth-order valence-corrected chi connectivity index (χ4v) is 18.4. The minimum Gasteiger partial charge on any atom is -0.388 e. The molecule has 0 spiro atoms. The lowest BCUT2D eigenvalue weighted by Crippen LogP contribution is -2.66. The van der Waals surface area contributed by atoms with Crippen LogP contribution in [0.5, 0.6) is 0 Å². The van der Waals surface area contributed by atoms with Gasteiger partial charge in [0.05, 0.1) is 282 Å². The van der Waals surface area contributed by atoms with Gasteiger partial charge in [-0.1, -0.05) is 51.8 Å². The molecule has 4 aromatic heterocycles. The van der Waals surface area contributed by atoms with Crippen molar-refractivity contribution in [2.24, 2.45) is 0 Å². The molecule has 12 N–H and O–H groups in total. The van der Waals surface area contributed by atoms with Gasteiger partial charge >= 0.3 is 0 Å². The van der Waals surface area contributed by atoms with Crippen LogP contribution in [-0.2, 0) is 182 Å². The maximum absolute atomic E-state index is 14.4. The predicted molar refractivity (Wildman–Crippen MR) is 504 cm³/mol. The average molecular weight is 2110 g/mol. The lowest BCUT2D eigenvalue weighted by Gasteiger charge is -2.42. The molecule has 1 unspecified atom stereocenters. The first kappa shape index (κ1) is 118. The van der Waals surface area contributed by atoms with E-state index in [-0.39, 0.29) is 242 Å². The molecule has 0 aromatic carbocycles. The number of amides is 6. The number of ether oxygens (including phenoxy) is 24. The van der Waals surface area contributed by atoms with Gasteiger partial charge in [0.25, 0.3) is 6.48 Å². The smallest absolute Gasteiger partial charge is 0.271 e. The van der Waals surface area contributed by atoms with Crippen LogP contribution in [0, 0.1) is 0 Å². The zero-order chi connectivity index (χ0) is 103. The van der Waals surface area contributed by atoms with Gasteiger partial charge in [-0.05, 0) is 61.5 Å². The van der Waals surface area contributed by atoms with Crippen molar-refractivity contribution in [1.82, 2.24) is 81.9 Å². The minimum atomic E-state index is -1.36. The summed E-state index contributed by atoms with van der Waals surface area (Å²) in [6.07, 6.45) is 3.64. The highest BCUT2D eigenvalue weighted by atomic mass is 33.1. The van der Waals surface area contributed by atoms with E-state index in [1.165, 1.54) is 20.8 Å². The molecule has 52 nitrogen and oxygen atoms in total. The first-order valence-corrected chi connectivity index (χ1v) is 51.9. The summed E-state index contributed by atoms with van der Waals surface area (Å²) < 4.78 is 144. The van der Waals surface area contributed by atoms with Crippen molar-refractivity contribution in [2.75, 3.05) is 230 Å². The van der Waals surface area contributed by atoms with Crippen molar-refractivity contribution < 1.29 is 173 Å². The van der Waals surface area contributed by atoms with E-state index >= 15 is 0 Å². The summed E-state index contributed by atoms with van der Waals surface area (Å²) in [4.78, 5) is 79.1. The summed E-state index contributed by atoms with van der Waals surface area (Å²) in [7, 11) is 3.42. The van der Waals surface area contributed by atoms with E-state index in [4.69, 9.17) is 114 Å². The van der Waals surface area contributed by atoms with Crippen molar-refractivity contribution in [1.29, 1.82) is 0 Å². The van der Waals surface area contributed by atoms with Gasteiger partial charge in [0.1, 0.15) is 99.2 Å². The molecule has 7 aliphatic heterocycles. The number of nitrogens with one attached hydrogen (secondary N) is 6. The van der Waals surface area contributed by atoms with Gasteiger partial charge in [-0.15, -0.1) is 15.3 Å². The summed E-state index contributed by atoms with van der Waals surface area (Å²) in [5.41, 5.74) is -3.75. The van der Waals surface area contributed by atoms with Crippen LogP contribution < -0.4 is 31.9 Å². The fraction of sp³-hybridized carbons (Fsp3) is 0.813. The molecule has 11 rings (SSSR count). The Hall–Kier alpha value is -7.11. The Bertz CT molecular complexity index is 4020. The number of unbranched alkanes of at least 4 members (excludes halogenated alkanes) is 6. The first-order chi connectivity index (χ1) is 70.5. The fourth-order valence-electron chi connectivity index (χ4n) is 16.3. The molecule has 7 aliphatic rings. The number of hydrogen-bond acceptors (Lipinski definition) is 45. The van der Waals surface area contributed by atoms with Crippen molar-refractivity contribution in [3.63, 3.8) is 0 Å². The Morgan fingerprint density at radius 2 is 0.779 bits per heavy atom. The Kier molecular flexibility index (Phi) is 53.1. The second-order valence-electron chi connectivity index (χ2n) is 35.9. The molecule has 0 aliphatic carbocycles. The van der Waals surface area contributed by atoms with E-state index in [0.29, 0.717) is 115 Å². The molecule has 145 heavy (non-hydrogen) atoms. The largest absolute Gasteiger partial charge is 0.388 e. The van der Waals surface area contributed by atoms with Crippen LogP contribution in [0.3, 0.4) is 0 Å². The van der Waals surface area contributed by atoms with Gasteiger partial charge in [-0.2, -0.15) is 0 Å². The van der Waals surface area contributed by atoms with Crippen LogP contribution in [0.15, 0.2) is 48.0 Å². The SMILES string of the molecule is CC(=O)NC1[C@H]2OC[C@](COCCOCCOCCOCCn3cc(COCC(COCc4cn(CCOCCOCCOCCOC[C@@]56CO[C@H](O5)[C@H](NC(C)=O)[C@@H](O)[C@H]6O)nn4)(COCc4cn(CCOCCOCCOCCOC[C@@]56CO[C@H](O5)[C@H](NC(C)=O)[C@@H](O)[C@H]6O)nn4)NC(=O)CCCCCNC(=O)CCCCCOC4OCC(NC(=O)CCCCCSSc5ccccn5)CO4)nn3)(O2)[C@H](O)[C@@H]1O. The minimum absolute atomic E-state index is 0.0227. The summed E-state index contributed by atoms with van der Waals surface area (Å²) in [6.45, 7) is 10.2. The van der Waals surface area contributed by atoms with Crippen LogP contribution in [0.25, 0.3) is 0 Å². The number of hydrogen-bond donors (Lipinski definition) is 12. The number of fused-ring (bicyclic) bond motifs is 6. The Morgan fingerprint density at radius 3 is 1.17 bits per heavy atom. The molecule has 6 bridgehead atoms. The molecule has 54 heteroatoms. The highest BCUT2D eigenvalue weighted by Gasteiger charge is 2.62. The van der Waals surface area contributed by atoms with E-state index in [9.17, 15) is 59.4 Å². The number of carbonyl (C=O) groups excluding carboxylic acids is 6. The topological polar surface area (TPSA) is 623 Å². The highest BCUT2D eigenvalue weighted by molar-refractivity contribution is 8.76. The van der Waals surface area contributed by atoms with Gasteiger partial charge in [0.2, 0.25) is 35.4 Å². The Balaban J connectivity index is 0.601. The number of rotatable bonds is 80. The third-order valence-corrected chi connectivity index (χ3v) is 26.2. The van der Waals surface area contributed by atoms with E-state index in [2.05, 4.69) is 67.8 Å². The van der Waals surface area contributed by atoms with Gasteiger partial charge in [0, 0.05) is 58.5 Å². The summed E-state index contributed by atoms with van der Waals surface area (Å²) in [6, 6.07) is 2.84. The molecular weight excluding hydrogens is 1960 g/mol. The molecule has 15 atom stereocenters. The molecule has 820 valence electrons. The lowest BCUT2D eigenvalue weighted by molar-refractivity contribution is -0.315. The molecular formula is C91H148N16O36S2. The van der Waals surface area contributed by atoms with Crippen LogP contribution in [-0.4, -0.2) is 455 Å². The molecule has 0 saturated carbocycles. The van der Waals surface area contributed by atoms with Crippen molar-refractivity contribution in [2.45, 2.75) is 251 Å². The number of nitrogens with zero attached hydrogens (tertiary/aromatic N) is 10. The van der Waals surface area contributed by atoms with Crippen molar-refractivity contribution >= 4 is 57.0 Å². The van der Waals surface area contributed by atoms with Gasteiger partial charge in [-0.25, -0.2) is 19.0 Å². The average Bonchev–Trinajstić information content (AvgIpc) is 1.61. The number of aromatic nitrogens is 10. The Labute approximate surface area is 849 Å². The molecule has 7 fully saturated rings. The number of pyridine rings is 1. The van der Waals surface area contributed by atoms with E-state index in [1.54, 1.807) is 60.4 Å². The lowest BCUT2D eigenvalue weighted by atomic mass is 9.88. The second kappa shape index (κ2) is 65.2. The van der Waals surface area contributed by atoms with Gasteiger partial charge in [-0.3, -0.25) is 28.8 Å². The first-order valence-electron chi connectivity index (χ1n) is 49.5. The molecule has 0 radical (unpaired) electrons. The van der Waals surface area contributed by atoms with Crippen molar-refractivity contribution in [3.8, 4) is 0 Å². The third-order valence-electron chi connectivity index (χ3n) is 23.9. The van der Waals surface area contributed by atoms with Crippen molar-refractivity contribution in [3.05, 3.63) is 60.1 Å². The van der Waals surface area contributed by atoms with Crippen LogP contribution in [0.4, 0.5) is 0 Å². The molecule has 7 saturated heterocycles. The number of carbonyl (C=O) groups is 6. The van der Waals surface area contributed by atoms with E-state index in [0.717, 1.165) is 36.5 Å². The standard InChI is InChI=1S/C91H148N16O36S2/c1-64(108)94-75-78(114)81(117)89(61-138-84(75)141-89)58-129-43-40-126-37-34-123-31-28-120-25-21-105-47-67(99-102-105)50-132-55-88(56-133-51-68-48-106(103-100-68)22-26-121-29-32-124-35-38-127-41-44-130-59-90-62-139-85(142-90)76(95-65(2)109)79(115)82(90)118,57-134-52-69-49-107(104-101-69)23-27-122-30-33-125-36-39-128-42-45-131-60-91-63-140-86(143-91)77(96-66(3)110)80(116)83(91)119)98-73(113)17-7-4-11-19-92-71(111)15-8-5-13-24-135-87-136-53-70(54-137-87)97-72(112)16-9-6-14-46-144-145-74-18-10-12-20-93-74/h10,12,18,20,47-49,70,75-87,114-119H,4-9,11,13-17,19,21-46,50-63H2,1-3H3,(H,92,111)(H,94,108)(H,95,109)(H,96,110)(H,97,112)(H,98,113)/t70?,75-,76-,77?,78-,79-,80-,81-,82-,83-,84-,85-,86+,87?,89+,90+,91+/m1/s1. The predicted octanol–water partition coefficient (Wildman–Crippen LogP) is -3.01. The zero-order valence-corrected chi connectivity index (χ0v) is 84.5. The highest BCUT2D eigenvalue weighted by Crippen LogP contribution is 2.41. The van der Waals surface area contributed by atoms with Gasteiger partial charge < -0.3 is 176 Å². The number of aliphatic hydroxyl groups excluding tert-OH is 6. The molecule has 6 amide bonds. The van der Waals surface area contributed by atoms with Crippen LogP contribution >= 0.6 is 21.6 Å². The van der Waals surface area contributed by atoms with Gasteiger partial charge in [0.15, 0.2) is 18.9 Å². The maximum Gasteiger partial charge on any atom is 0.271 e. The second-order valence-corrected chi connectivity index (χ2v) is 38.3. The summed E-state index contributed by atoms with van der Waals surface area (Å²) in [5, 5.41) is 108. The molecule has 4 aromatic rings. The zero-order valence-electron chi connectivity index (χ0n) is 82.8. The monoisotopic (exact) mass is 2100 g/mol. The van der Waals surface area contributed by atoms with Crippen LogP contribution in [0.2, 0.25) is 0 Å².